The number of nitrogens with one attached hydrogen (secondary N) is 3. The van der Waals surface area contributed by atoms with E-state index >= 15 is 0 Å². The van der Waals surface area contributed by atoms with Crippen LogP contribution in [0, 0.1) is 6.92 Å². The minimum atomic E-state index is -0.353. The molecule has 2 aliphatic heterocycles. The lowest BCUT2D eigenvalue weighted by atomic mass is 10.1. The molecule has 1 saturated heterocycles. The molecular weight excluding hydrogens is 597 g/mol. The minimum Gasteiger partial charge on any atom is -0.457 e. The molecule has 44 heavy (non-hydrogen) atoms. The van der Waals surface area contributed by atoms with Crippen molar-refractivity contribution in [3.05, 3.63) is 83.4 Å². The van der Waals surface area contributed by atoms with Crippen molar-refractivity contribution in [1.82, 2.24) is 20.5 Å². The molecule has 226 valence electrons. The van der Waals surface area contributed by atoms with Gasteiger partial charge in [0.05, 0.1) is 16.8 Å². The van der Waals surface area contributed by atoms with Crippen molar-refractivity contribution < 1.29 is 19.1 Å². The van der Waals surface area contributed by atoms with Gasteiger partial charge in [0.15, 0.2) is 0 Å². The molecule has 3 N–H and O–H groups in total. The molecule has 4 heterocycles. The van der Waals surface area contributed by atoms with Gasteiger partial charge >= 0.3 is 6.03 Å². The molecule has 1 fully saturated rings. The topological polar surface area (TPSA) is 116 Å². The summed E-state index contributed by atoms with van der Waals surface area (Å²) >= 11 is 2.55. The third kappa shape index (κ3) is 6.28. The number of aromatic nitrogens is 1. The van der Waals surface area contributed by atoms with Crippen LogP contribution in [0.25, 0.3) is 10.2 Å². The summed E-state index contributed by atoms with van der Waals surface area (Å²) in [6.07, 6.45) is 6.57. The van der Waals surface area contributed by atoms with E-state index in [0.29, 0.717) is 46.5 Å². The summed E-state index contributed by atoms with van der Waals surface area (Å²) in [7, 11) is 1.82. The predicted octanol–water partition coefficient (Wildman–Crippen LogP) is 5.95. The minimum absolute atomic E-state index is 0.0663. The zero-order valence-electron chi connectivity index (χ0n) is 24.3. The fraction of sp³-hybridized carbons (Fsp3) is 0.250. The number of para-hydroxylation sites is 1. The first-order valence-electron chi connectivity index (χ1n) is 14.4. The Balaban J connectivity index is 1.19. The van der Waals surface area contributed by atoms with Crippen LogP contribution in [0.15, 0.2) is 77.8 Å². The van der Waals surface area contributed by atoms with E-state index in [1.54, 1.807) is 33.6 Å². The summed E-state index contributed by atoms with van der Waals surface area (Å²) in [4.78, 5) is 47.8. The van der Waals surface area contributed by atoms with E-state index in [2.05, 4.69) is 20.9 Å². The fourth-order valence-corrected chi connectivity index (χ4v) is 7.18. The van der Waals surface area contributed by atoms with Crippen LogP contribution < -0.4 is 25.0 Å². The Kier molecular flexibility index (Phi) is 8.82. The summed E-state index contributed by atoms with van der Waals surface area (Å²) < 4.78 is 7.56. The highest BCUT2D eigenvalue weighted by Crippen LogP contribution is 2.46. The number of aryl methyl sites for hydroxylation is 1. The molecule has 12 heteroatoms. The number of urea groups is 1. The monoisotopic (exact) mass is 628 g/mol. The van der Waals surface area contributed by atoms with Crippen molar-refractivity contribution in [3.8, 4) is 11.5 Å². The molecule has 6 rings (SSSR count). The Labute approximate surface area is 263 Å². The first kappa shape index (κ1) is 29.7. The SMILES string of the molecule is CNC/C=C/C(=O)N1CCCC(NC(=O)c2sc3nccc4c3c2NC(=O)N4Sc2ccc(Oc3ccccc3)cc2C)C1. The predicted molar refractivity (Wildman–Crippen MR) is 175 cm³/mol. The number of rotatable bonds is 9. The van der Waals surface area contributed by atoms with Gasteiger partial charge in [-0.1, -0.05) is 24.3 Å². The molecular formula is C32H32N6O4S2. The summed E-state index contributed by atoms with van der Waals surface area (Å²) in [5.41, 5.74) is 2.09. The van der Waals surface area contributed by atoms with Crippen LogP contribution in [0.5, 0.6) is 11.5 Å². The average Bonchev–Trinajstić information content (AvgIpc) is 3.40. The second-order valence-electron chi connectivity index (χ2n) is 10.5. The van der Waals surface area contributed by atoms with Gasteiger partial charge in [0.25, 0.3) is 5.91 Å². The van der Waals surface area contributed by atoms with Crippen molar-refractivity contribution in [2.24, 2.45) is 0 Å². The van der Waals surface area contributed by atoms with Crippen LogP contribution in [-0.2, 0) is 4.79 Å². The van der Waals surface area contributed by atoms with Crippen molar-refractivity contribution in [3.63, 3.8) is 0 Å². The van der Waals surface area contributed by atoms with E-state index in [1.165, 1.54) is 23.3 Å². The van der Waals surface area contributed by atoms with Crippen LogP contribution in [0.4, 0.5) is 16.2 Å². The Morgan fingerprint density at radius 3 is 2.82 bits per heavy atom. The number of nitrogens with zero attached hydrogens (tertiary/aromatic N) is 3. The van der Waals surface area contributed by atoms with Gasteiger partial charge in [-0.25, -0.2) is 14.1 Å². The molecule has 2 aromatic carbocycles. The number of carbonyl (C=O) groups excluding carboxylic acids is 3. The van der Waals surface area contributed by atoms with Gasteiger partial charge in [-0.15, -0.1) is 11.3 Å². The number of thiophene rings is 1. The second-order valence-corrected chi connectivity index (χ2v) is 12.5. The molecule has 10 nitrogen and oxygen atoms in total. The van der Waals surface area contributed by atoms with Gasteiger partial charge in [-0.3, -0.25) is 9.59 Å². The fourth-order valence-electron chi connectivity index (χ4n) is 5.25. The first-order valence-corrected chi connectivity index (χ1v) is 16.0. The maximum absolute atomic E-state index is 13.5. The Morgan fingerprint density at radius 1 is 1.18 bits per heavy atom. The number of hydrogen-bond acceptors (Lipinski definition) is 8. The smallest absolute Gasteiger partial charge is 0.336 e. The zero-order chi connectivity index (χ0) is 30.6. The van der Waals surface area contributed by atoms with Gasteiger partial charge in [-0.2, -0.15) is 0 Å². The van der Waals surface area contributed by atoms with Crippen molar-refractivity contribution in [2.45, 2.75) is 30.7 Å². The molecule has 4 amide bonds. The summed E-state index contributed by atoms with van der Waals surface area (Å²) in [6, 6.07) is 16.6. The Morgan fingerprint density at radius 2 is 2.02 bits per heavy atom. The number of amides is 4. The molecule has 1 unspecified atom stereocenters. The maximum atomic E-state index is 13.5. The molecule has 4 aromatic rings. The summed E-state index contributed by atoms with van der Waals surface area (Å²) in [5.74, 6) is 1.10. The Hall–Kier alpha value is -4.39. The number of likely N-dealkylation sites (tertiary alicyclic amines) is 1. The highest BCUT2D eigenvalue weighted by molar-refractivity contribution is 8.01. The van der Waals surface area contributed by atoms with Crippen molar-refractivity contribution in [1.29, 1.82) is 0 Å². The zero-order valence-corrected chi connectivity index (χ0v) is 26.0. The largest absolute Gasteiger partial charge is 0.457 e. The highest BCUT2D eigenvalue weighted by Gasteiger charge is 2.34. The van der Waals surface area contributed by atoms with Crippen LogP contribution in [-0.4, -0.2) is 60.5 Å². The van der Waals surface area contributed by atoms with Gasteiger partial charge < -0.3 is 25.6 Å². The lowest BCUT2D eigenvalue weighted by Crippen LogP contribution is -2.49. The molecule has 2 aliphatic rings. The number of hydrogen-bond donors (Lipinski definition) is 3. The molecule has 0 spiro atoms. The van der Waals surface area contributed by atoms with Gasteiger partial charge in [-0.05, 0) is 80.7 Å². The average molecular weight is 629 g/mol. The van der Waals surface area contributed by atoms with E-state index < -0.39 is 0 Å². The van der Waals surface area contributed by atoms with E-state index in [-0.39, 0.29) is 23.9 Å². The lowest BCUT2D eigenvalue weighted by Gasteiger charge is -2.32. The maximum Gasteiger partial charge on any atom is 0.336 e. The molecule has 0 saturated carbocycles. The van der Waals surface area contributed by atoms with Gasteiger partial charge in [0.2, 0.25) is 5.91 Å². The lowest BCUT2D eigenvalue weighted by molar-refractivity contribution is -0.127. The number of piperidine rings is 1. The normalized spacial score (nSPS) is 16.3. The van der Waals surface area contributed by atoms with E-state index in [9.17, 15) is 14.4 Å². The van der Waals surface area contributed by atoms with Gasteiger partial charge in [0.1, 0.15) is 21.2 Å². The molecule has 1 atom stereocenters. The summed E-state index contributed by atoms with van der Waals surface area (Å²) in [5, 5.41) is 9.76. The number of carbonyl (C=O) groups is 3. The third-order valence-electron chi connectivity index (χ3n) is 7.38. The first-order chi connectivity index (χ1) is 21.4. The van der Waals surface area contributed by atoms with Crippen LogP contribution >= 0.6 is 23.3 Å². The highest BCUT2D eigenvalue weighted by atomic mass is 32.2. The number of anilines is 2. The van der Waals surface area contributed by atoms with E-state index in [4.69, 9.17) is 4.74 Å². The molecule has 0 bridgehead atoms. The number of pyridine rings is 1. The van der Waals surface area contributed by atoms with Crippen molar-refractivity contribution >= 4 is 62.7 Å². The number of ether oxygens (including phenoxy) is 1. The Bertz CT molecular complexity index is 1740. The van der Waals surface area contributed by atoms with Crippen LogP contribution in [0.1, 0.15) is 28.1 Å². The third-order valence-corrected chi connectivity index (χ3v) is 9.67. The van der Waals surface area contributed by atoms with Crippen molar-refractivity contribution in [2.75, 3.05) is 36.3 Å². The molecule has 0 aliphatic carbocycles. The standard InChI is InChI=1S/C32H32N6O4S2/c1-20-18-23(42-22-9-4-3-5-10-22)12-13-25(20)44-38-24-14-16-34-31-27(24)28(36-32(38)41)29(43-31)30(40)35-21-8-7-17-37(19-21)26(39)11-6-15-33-2/h3-6,9-14,16,18,21,33H,7-8,15,17,19H2,1-2H3,(H,35,40)(H,36,41)/b11-6+. The van der Waals surface area contributed by atoms with Gasteiger partial charge in [0, 0.05) is 42.8 Å². The molecule has 2 aromatic heterocycles. The summed E-state index contributed by atoms with van der Waals surface area (Å²) in [6.45, 7) is 3.68. The van der Waals surface area contributed by atoms with Crippen LogP contribution in [0.3, 0.4) is 0 Å². The molecule has 0 radical (unpaired) electrons. The second kappa shape index (κ2) is 13.1. The van der Waals surface area contributed by atoms with E-state index in [0.717, 1.165) is 34.4 Å². The number of benzene rings is 2. The van der Waals surface area contributed by atoms with E-state index in [1.807, 2.05) is 62.5 Å². The van der Waals surface area contributed by atoms with Crippen LogP contribution in [0.2, 0.25) is 0 Å². The number of likely N-dealkylation sites (N-methyl/N-ethyl adjacent to an activating group) is 1. The quantitative estimate of drug-likeness (QED) is 0.155.